The number of aryl methyl sites for hydroxylation is 1. The van der Waals surface area contributed by atoms with Crippen molar-refractivity contribution in [2.24, 2.45) is 5.41 Å². The molecule has 1 aliphatic carbocycles. The fourth-order valence-corrected chi connectivity index (χ4v) is 4.29. The standard InChI is InChI=1S/C25H33F2NO2/c1-25(2,3)14-16-7-8-18-5-4-6-22(21(18)11-16)28-15-24(30)23(29)12-17-9-19(26)13-20(27)10-17/h7-11,13,22-24,28-30H,4-6,12,14-15H2,1-3H3. The molecule has 164 valence electrons. The molecular formula is C25H33F2NO2. The fraction of sp³-hybridized carbons (Fsp3) is 0.520. The number of aliphatic hydroxyl groups excluding tert-OH is 2. The molecule has 3 rings (SSSR count). The molecule has 0 fully saturated rings. The third kappa shape index (κ3) is 6.34. The zero-order chi connectivity index (χ0) is 21.9. The molecule has 3 nitrogen and oxygen atoms in total. The van der Waals surface area contributed by atoms with Crippen molar-refractivity contribution in [1.82, 2.24) is 5.32 Å². The molecule has 0 aliphatic heterocycles. The highest BCUT2D eigenvalue weighted by Crippen LogP contribution is 2.32. The number of hydrogen-bond acceptors (Lipinski definition) is 3. The summed E-state index contributed by atoms with van der Waals surface area (Å²) in [7, 11) is 0. The summed E-state index contributed by atoms with van der Waals surface area (Å²) in [5.74, 6) is -1.37. The number of fused-ring (bicyclic) bond motifs is 1. The van der Waals surface area contributed by atoms with Crippen LogP contribution in [0, 0.1) is 17.0 Å². The molecule has 0 saturated heterocycles. The maximum absolute atomic E-state index is 13.4. The van der Waals surface area contributed by atoms with Crippen molar-refractivity contribution < 1.29 is 19.0 Å². The first-order valence-electron chi connectivity index (χ1n) is 10.8. The van der Waals surface area contributed by atoms with Crippen LogP contribution >= 0.6 is 0 Å². The highest BCUT2D eigenvalue weighted by Gasteiger charge is 2.24. The zero-order valence-corrected chi connectivity index (χ0v) is 18.1. The van der Waals surface area contributed by atoms with Crippen LogP contribution in [0.15, 0.2) is 36.4 Å². The Morgan fingerprint density at radius 3 is 2.37 bits per heavy atom. The second kappa shape index (κ2) is 9.54. The van der Waals surface area contributed by atoms with E-state index in [1.807, 2.05) is 0 Å². The molecule has 5 heteroatoms. The Kier molecular flexibility index (Phi) is 7.27. The molecule has 0 heterocycles. The van der Waals surface area contributed by atoms with E-state index in [0.717, 1.165) is 31.7 Å². The normalized spacial score (nSPS) is 18.7. The summed E-state index contributed by atoms with van der Waals surface area (Å²) in [6, 6.07) is 9.98. The average molecular weight is 418 g/mol. The number of rotatable bonds is 7. The number of benzene rings is 2. The van der Waals surface area contributed by atoms with Gasteiger partial charge in [0.05, 0.1) is 12.2 Å². The molecule has 3 atom stereocenters. The largest absolute Gasteiger partial charge is 0.390 e. The number of hydrogen-bond donors (Lipinski definition) is 3. The lowest BCUT2D eigenvalue weighted by Crippen LogP contribution is -2.39. The van der Waals surface area contributed by atoms with Crippen LogP contribution in [0.25, 0.3) is 0 Å². The fourth-order valence-electron chi connectivity index (χ4n) is 4.29. The van der Waals surface area contributed by atoms with E-state index in [4.69, 9.17) is 0 Å². The molecule has 0 saturated carbocycles. The van der Waals surface area contributed by atoms with Crippen LogP contribution in [0.3, 0.4) is 0 Å². The van der Waals surface area contributed by atoms with Gasteiger partial charge in [-0.25, -0.2) is 8.78 Å². The Balaban J connectivity index is 1.62. The third-order valence-corrected chi connectivity index (χ3v) is 5.64. The summed E-state index contributed by atoms with van der Waals surface area (Å²) >= 11 is 0. The first-order valence-corrected chi connectivity index (χ1v) is 10.8. The molecule has 0 amide bonds. The molecule has 0 spiro atoms. The van der Waals surface area contributed by atoms with Gasteiger partial charge in [-0.3, -0.25) is 0 Å². The average Bonchev–Trinajstić information content (AvgIpc) is 2.63. The molecular weight excluding hydrogens is 384 g/mol. The van der Waals surface area contributed by atoms with E-state index in [0.29, 0.717) is 5.56 Å². The van der Waals surface area contributed by atoms with Gasteiger partial charge in [0.1, 0.15) is 11.6 Å². The van der Waals surface area contributed by atoms with Crippen LogP contribution in [0.5, 0.6) is 0 Å². The Labute approximate surface area is 178 Å². The van der Waals surface area contributed by atoms with Crippen LogP contribution in [0.2, 0.25) is 0 Å². The molecule has 2 aromatic rings. The Bertz CT molecular complexity index is 842. The quantitative estimate of drug-likeness (QED) is 0.622. The van der Waals surface area contributed by atoms with E-state index < -0.39 is 23.8 Å². The molecule has 0 bridgehead atoms. The maximum atomic E-state index is 13.4. The minimum absolute atomic E-state index is 0.00545. The second-order valence-corrected chi connectivity index (χ2v) is 9.74. The lowest BCUT2D eigenvalue weighted by molar-refractivity contribution is 0.0188. The van der Waals surface area contributed by atoms with Gasteiger partial charge in [0.15, 0.2) is 0 Å². The number of aliphatic hydroxyl groups is 2. The van der Waals surface area contributed by atoms with Crippen molar-refractivity contribution in [1.29, 1.82) is 0 Å². The van der Waals surface area contributed by atoms with Gasteiger partial charge in [0.25, 0.3) is 0 Å². The summed E-state index contributed by atoms with van der Waals surface area (Å²) in [6.45, 7) is 6.89. The summed E-state index contributed by atoms with van der Waals surface area (Å²) in [6.07, 6.45) is 1.97. The van der Waals surface area contributed by atoms with Gasteiger partial charge in [-0.1, -0.05) is 39.0 Å². The predicted molar refractivity (Wildman–Crippen MR) is 115 cm³/mol. The first-order chi connectivity index (χ1) is 14.1. The molecule has 0 radical (unpaired) electrons. The van der Waals surface area contributed by atoms with Crippen LogP contribution < -0.4 is 5.32 Å². The van der Waals surface area contributed by atoms with Gasteiger partial charge in [0.2, 0.25) is 0 Å². The van der Waals surface area contributed by atoms with Crippen LogP contribution in [0.1, 0.15) is 61.9 Å². The zero-order valence-electron chi connectivity index (χ0n) is 18.1. The lowest BCUT2D eigenvalue weighted by atomic mass is 9.82. The van der Waals surface area contributed by atoms with Gasteiger partial charge >= 0.3 is 0 Å². The lowest BCUT2D eigenvalue weighted by Gasteiger charge is -2.29. The molecule has 3 N–H and O–H groups in total. The Morgan fingerprint density at radius 1 is 1.00 bits per heavy atom. The third-order valence-electron chi connectivity index (χ3n) is 5.64. The minimum Gasteiger partial charge on any atom is -0.390 e. The predicted octanol–water partition coefficient (Wildman–Crippen LogP) is 4.48. The number of nitrogens with one attached hydrogen (secondary N) is 1. The van der Waals surface area contributed by atoms with E-state index in [-0.39, 0.29) is 24.4 Å². The van der Waals surface area contributed by atoms with Crippen LogP contribution in [0.4, 0.5) is 8.78 Å². The van der Waals surface area contributed by atoms with Crippen molar-refractivity contribution in [3.8, 4) is 0 Å². The van der Waals surface area contributed by atoms with Gasteiger partial charge in [0, 0.05) is 25.1 Å². The van der Waals surface area contributed by atoms with Gasteiger partial charge in [-0.15, -0.1) is 0 Å². The molecule has 1 aliphatic rings. The van der Waals surface area contributed by atoms with E-state index in [9.17, 15) is 19.0 Å². The first kappa shape index (κ1) is 22.9. The maximum Gasteiger partial charge on any atom is 0.126 e. The molecule has 3 unspecified atom stereocenters. The molecule has 2 aromatic carbocycles. The highest BCUT2D eigenvalue weighted by molar-refractivity contribution is 5.36. The number of halogens is 2. The molecule has 0 aromatic heterocycles. The summed E-state index contributed by atoms with van der Waals surface area (Å²) in [4.78, 5) is 0. The van der Waals surface area contributed by atoms with E-state index >= 15 is 0 Å². The van der Waals surface area contributed by atoms with Crippen molar-refractivity contribution in [3.05, 3.63) is 70.3 Å². The Morgan fingerprint density at radius 2 is 1.70 bits per heavy atom. The van der Waals surface area contributed by atoms with Gasteiger partial charge in [-0.2, -0.15) is 0 Å². The van der Waals surface area contributed by atoms with Gasteiger partial charge in [-0.05, 0) is 65.5 Å². The SMILES string of the molecule is CC(C)(C)Cc1ccc2c(c1)C(NCC(O)C(O)Cc1cc(F)cc(F)c1)CCC2. The van der Waals surface area contributed by atoms with Crippen molar-refractivity contribution >= 4 is 0 Å². The second-order valence-electron chi connectivity index (χ2n) is 9.74. The van der Waals surface area contributed by atoms with Crippen molar-refractivity contribution in [3.63, 3.8) is 0 Å². The summed E-state index contributed by atoms with van der Waals surface area (Å²) in [5.41, 5.74) is 4.46. The van der Waals surface area contributed by atoms with Crippen molar-refractivity contribution in [2.75, 3.05) is 6.54 Å². The van der Waals surface area contributed by atoms with E-state index in [1.165, 1.54) is 28.8 Å². The topological polar surface area (TPSA) is 52.5 Å². The Hall–Kier alpha value is -1.82. The monoisotopic (exact) mass is 417 g/mol. The smallest absolute Gasteiger partial charge is 0.126 e. The van der Waals surface area contributed by atoms with Gasteiger partial charge < -0.3 is 15.5 Å². The van der Waals surface area contributed by atoms with E-state index in [2.05, 4.69) is 44.3 Å². The minimum atomic E-state index is -1.10. The van der Waals surface area contributed by atoms with Crippen LogP contribution in [-0.2, 0) is 19.3 Å². The molecule has 30 heavy (non-hydrogen) atoms. The summed E-state index contributed by atoms with van der Waals surface area (Å²) < 4.78 is 26.7. The van der Waals surface area contributed by atoms with E-state index in [1.54, 1.807) is 0 Å². The highest BCUT2D eigenvalue weighted by atomic mass is 19.1. The van der Waals surface area contributed by atoms with Crippen LogP contribution in [-0.4, -0.2) is 29.0 Å². The van der Waals surface area contributed by atoms with Crippen molar-refractivity contribution in [2.45, 2.75) is 71.1 Å². The summed E-state index contributed by atoms with van der Waals surface area (Å²) in [5, 5.41) is 24.1.